The Balaban J connectivity index is 0.000000153. The number of carbonyl (C=O) groups excluding carboxylic acids is 8. The maximum Gasteiger partial charge on any atom is 0.232 e. The number of carbonyl (C=O) groups is 8. The summed E-state index contributed by atoms with van der Waals surface area (Å²) in [6.07, 6.45) is 5.62. The SMILES string of the molecule is Cc1nc([C@H](C(=O)N2C[C@H](O)C[C@H]2C(=O)CCc2ccc(-c3scnc3C)cc2)C(C)C)cs1.Cc1ncc([C@H](C(=O)N2C[C@H](O)C[C@H]2C(=O)CCc2ccc(-c3scnc3C)cc2)C(C)C)[nH]1.Cc1ncsc1-c1ccc(CCC(=O)[C@@H]2C[C@@H](O)CN2C(=O)[C@@H](c2ccccc2)C(C)C)cc1.Cc1ncsc1-c1ccc(CCC(=O)[C@@H]2C[C@@H](O)CN2C(=O)[C@@H](c2ccccn2)C(C)C)cc1. The van der Waals surface area contributed by atoms with Crippen molar-refractivity contribution in [3.8, 4) is 41.8 Å². The van der Waals surface area contributed by atoms with Crippen molar-refractivity contribution >= 4 is 103 Å². The zero-order valence-electron chi connectivity index (χ0n) is 80.0. The van der Waals surface area contributed by atoms with Crippen molar-refractivity contribution < 1.29 is 58.8 Å². The van der Waals surface area contributed by atoms with Crippen molar-refractivity contribution in [2.24, 2.45) is 23.7 Å². The van der Waals surface area contributed by atoms with Crippen molar-refractivity contribution in [2.75, 3.05) is 26.2 Å². The van der Waals surface area contributed by atoms with Crippen molar-refractivity contribution in [1.29, 1.82) is 0 Å². The summed E-state index contributed by atoms with van der Waals surface area (Å²) in [5.74, 6) is -1.10. The number of hydrogen-bond donors (Lipinski definition) is 5. The third-order valence-corrected chi connectivity index (χ3v) is 30.8. The van der Waals surface area contributed by atoms with Gasteiger partial charge < -0.3 is 45.0 Å². The molecule has 0 aliphatic carbocycles. The monoisotopic (exact) mass is 1930 g/mol. The molecule has 16 rings (SSSR count). The predicted molar refractivity (Wildman–Crippen MR) is 538 cm³/mol. The number of aryl methyl sites for hydroxylation is 10. The van der Waals surface area contributed by atoms with Crippen molar-refractivity contribution in [3.63, 3.8) is 0 Å². The molecule has 0 radical (unpaired) electrons. The standard InChI is InChI=1S/C28H32N2O3S.C27H31N3O3S.C26H32N4O3S.C26H31N3O3S2/c1-18(2)26(21-7-5-4-6-8-21)28(33)30-16-23(31)15-24(30)25(32)14-11-20-9-12-22(13-10-20)27-19(3)29-17-34-27;1-17(2)25(22-6-4-5-13-28-22)27(33)30-15-21(31)14-23(30)24(32)12-9-19-7-10-20(11-8-19)26-18(3)29-16-34-26;1-15(2)24(21-12-27-17(4)29-21)26(33)30-13-20(31)11-22(30)23(32)10-7-18-5-8-19(9-6-18)25-16(3)28-14-34-25;1-15(2)24(21-13-33-17(4)28-21)26(32)29-12-20(30)11-22(29)23(31)10-7-18-5-8-19(9-6-18)25-16(3)27-14-34-25/h4-10,12-13,17-18,23-24,26,31H,11,14-16H2,1-3H3;4-8,10-11,13,16-17,21,23,25,31H,9,12,14-15H2,1-3H3;5-6,8-9,12,14-15,20,22,24,31H,7,10-11,13H2,1-4H3,(H,27,29);5-6,8-9,13-15,20,22,24,30H,7,10-12H2,1-4H3/t23-,24+,26-;21-,23+,25-;2*20-,22+,24-/m1111/s1. The summed E-state index contributed by atoms with van der Waals surface area (Å²) < 4.78 is 0. The number of β-amino-alcohol motifs (C(OH)–C–C–N with tert-alkyl or cyclic N) is 4. The van der Waals surface area contributed by atoms with Gasteiger partial charge in [-0.05, 0) is 153 Å². The number of aliphatic hydroxyl groups excluding tert-OH is 4. The van der Waals surface area contributed by atoms with Gasteiger partial charge in [-0.25, -0.2) is 29.9 Å². The number of H-pyrrole nitrogens is 1. The number of thiazole rings is 5. The van der Waals surface area contributed by atoms with Crippen LogP contribution in [0.5, 0.6) is 0 Å². The number of Topliss-reactive ketones (excluding diaryl/α,β-unsaturated/α-hetero) is 4. The number of rotatable bonds is 32. The van der Waals surface area contributed by atoms with Gasteiger partial charge in [0.15, 0.2) is 23.1 Å². The molecule has 4 saturated heterocycles. The Bertz CT molecular complexity index is 5650. The Labute approximate surface area is 817 Å². The number of nitrogens with one attached hydrogen (secondary N) is 1. The highest BCUT2D eigenvalue weighted by molar-refractivity contribution is 7.14. The summed E-state index contributed by atoms with van der Waals surface area (Å²) in [6, 6.07) is 45.9. The molecule has 0 spiro atoms. The van der Waals surface area contributed by atoms with E-state index in [2.05, 4.69) is 101 Å². The van der Waals surface area contributed by atoms with E-state index in [0.29, 0.717) is 82.7 Å². The average Bonchev–Trinajstić information content (AvgIpc) is 1.66. The summed E-state index contributed by atoms with van der Waals surface area (Å²) in [6.45, 7) is 28.6. The first-order valence-corrected chi connectivity index (χ1v) is 51.5. The van der Waals surface area contributed by atoms with E-state index in [0.717, 1.165) is 115 Å². The lowest BCUT2D eigenvalue weighted by atomic mass is 9.87. The number of aromatic amines is 1. The molecular weight excluding hydrogens is 1810 g/mol. The normalized spacial score (nSPS) is 19.0. The largest absolute Gasteiger partial charge is 0.391 e. The van der Waals surface area contributed by atoms with E-state index in [1.807, 2.05) is 209 Å². The van der Waals surface area contributed by atoms with E-state index in [4.69, 9.17) is 0 Å². The number of benzene rings is 5. The molecule has 24 nitrogen and oxygen atoms in total. The number of nitrogens with zero attached hydrogens (tertiary/aromatic N) is 11. The summed E-state index contributed by atoms with van der Waals surface area (Å²) in [5.41, 5.74) is 23.4. The van der Waals surface area contributed by atoms with Gasteiger partial charge in [0.1, 0.15) is 5.82 Å². The molecule has 136 heavy (non-hydrogen) atoms. The molecule has 0 saturated carbocycles. The third-order valence-electron chi connectivity index (χ3n) is 26.1. The fourth-order valence-electron chi connectivity index (χ4n) is 18.9. The zero-order chi connectivity index (χ0) is 97.3. The molecule has 0 bridgehead atoms. The van der Waals surface area contributed by atoms with Crippen molar-refractivity contribution in [1.82, 2.24) is 59.5 Å². The molecule has 12 atom stereocenters. The van der Waals surface area contributed by atoms with Gasteiger partial charge in [-0.1, -0.05) is 189 Å². The number of ketones is 4. The minimum absolute atomic E-state index is 0.00388. The predicted octanol–water partition coefficient (Wildman–Crippen LogP) is 18.3. The molecule has 5 aromatic carbocycles. The van der Waals surface area contributed by atoms with Crippen LogP contribution in [0.2, 0.25) is 0 Å². The number of amides is 4. The Morgan fingerprint density at radius 2 is 0.654 bits per heavy atom. The number of aromatic nitrogens is 8. The highest BCUT2D eigenvalue weighted by Crippen LogP contribution is 2.40. The van der Waals surface area contributed by atoms with Crippen LogP contribution in [0.25, 0.3) is 41.8 Å². The second-order valence-corrected chi connectivity index (χ2v) is 42.1. The molecule has 4 aliphatic rings. The lowest BCUT2D eigenvalue weighted by Crippen LogP contribution is -2.44. The second-order valence-electron chi connectivity index (χ2n) is 37.6. The number of hydrogen-bond acceptors (Lipinski definition) is 24. The minimum Gasteiger partial charge on any atom is -0.391 e. The number of aliphatic hydroxyl groups is 4. The maximum absolute atomic E-state index is 13.6. The lowest BCUT2D eigenvalue weighted by molar-refractivity contribution is -0.140. The van der Waals surface area contributed by atoms with E-state index >= 15 is 0 Å². The molecule has 4 aliphatic heterocycles. The first kappa shape index (κ1) is 102. The van der Waals surface area contributed by atoms with Crippen LogP contribution in [-0.2, 0) is 64.0 Å². The molecule has 11 heterocycles. The van der Waals surface area contributed by atoms with E-state index in [9.17, 15) is 58.8 Å². The Hall–Kier alpha value is -11.0. The van der Waals surface area contributed by atoms with Crippen molar-refractivity contribution in [3.05, 3.63) is 264 Å². The van der Waals surface area contributed by atoms with Crippen LogP contribution in [0.1, 0.15) is 209 Å². The summed E-state index contributed by atoms with van der Waals surface area (Å²) >= 11 is 8.00. The fourth-order valence-corrected chi connectivity index (χ4v) is 22.8. The molecule has 4 amide bonds. The van der Waals surface area contributed by atoms with E-state index in [-0.39, 0.29) is 103 Å². The van der Waals surface area contributed by atoms with Gasteiger partial charge in [0.2, 0.25) is 23.6 Å². The molecule has 7 aromatic heterocycles. The molecule has 5 N–H and O–H groups in total. The molecule has 0 unspecified atom stereocenters. The summed E-state index contributed by atoms with van der Waals surface area (Å²) in [7, 11) is 0. The van der Waals surface area contributed by atoms with E-state index < -0.39 is 66.3 Å². The van der Waals surface area contributed by atoms with Crippen LogP contribution in [0, 0.1) is 65.2 Å². The van der Waals surface area contributed by atoms with Crippen LogP contribution >= 0.6 is 56.7 Å². The van der Waals surface area contributed by atoms with Gasteiger partial charge in [-0.15, -0.1) is 56.7 Å². The zero-order valence-corrected chi connectivity index (χ0v) is 84.0. The maximum atomic E-state index is 13.6. The lowest BCUT2D eigenvalue weighted by Gasteiger charge is -2.30. The van der Waals surface area contributed by atoms with Crippen LogP contribution in [0.15, 0.2) is 185 Å². The number of imidazole rings is 1. The Morgan fingerprint density at radius 3 is 0.919 bits per heavy atom. The number of likely N-dealkylation sites (tertiary alicyclic amines) is 4. The van der Waals surface area contributed by atoms with Gasteiger partial charge in [-0.2, -0.15) is 0 Å². The van der Waals surface area contributed by atoms with Crippen molar-refractivity contribution in [2.45, 2.75) is 246 Å². The smallest absolute Gasteiger partial charge is 0.232 e. The van der Waals surface area contributed by atoms with Gasteiger partial charge in [0.05, 0.1) is 153 Å². The van der Waals surface area contributed by atoms with Crippen LogP contribution in [-0.4, -0.2) is 201 Å². The third kappa shape index (κ3) is 25.7. The Kier molecular flexibility index (Phi) is 35.7. The number of pyridine rings is 1. The molecular formula is C107H126N12O12S5. The first-order chi connectivity index (χ1) is 65.2. The van der Waals surface area contributed by atoms with Crippen LogP contribution in [0.4, 0.5) is 0 Å². The average molecular weight is 1930 g/mol. The van der Waals surface area contributed by atoms with Gasteiger partial charge in [-0.3, -0.25) is 43.3 Å². The topological polar surface area (TPSA) is 336 Å². The summed E-state index contributed by atoms with van der Waals surface area (Å²) in [5, 5.41) is 44.2. The fraction of sp³-hybridized carbons (Fsp3) is 0.430. The van der Waals surface area contributed by atoms with Crippen LogP contribution < -0.4 is 0 Å². The van der Waals surface area contributed by atoms with Crippen LogP contribution in [0.3, 0.4) is 0 Å². The Morgan fingerprint density at radius 1 is 0.353 bits per heavy atom. The second kappa shape index (κ2) is 47.4. The molecule has 12 aromatic rings. The molecule has 4 fully saturated rings. The van der Waals surface area contributed by atoms with Gasteiger partial charge in [0.25, 0.3) is 0 Å². The van der Waals surface area contributed by atoms with Gasteiger partial charge in [0, 0.05) is 101 Å². The quantitative estimate of drug-likeness (QED) is 0.0261. The summed E-state index contributed by atoms with van der Waals surface area (Å²) in [4.78, 5) is 151. The minimum atomic E-state index is -0.684. The molecule has 716 valence electrons. The van der Waals surface area contributed by atoms with Gasteiger partial charge >= 0.3 is 0 Å². The van der Waals surface area contributed by atoms with E-state index in [1.54, 1.807) is 77.3 Å². The first-order valence-electron chi connectivity index (χ1n) is 47.1. The molecule has 29 heteroatoms. The highest BCUT2D eigenvalue weighted by atomic mass is 32.1. The van der Waals surface area contributed by atoms with E-state index in [1.165, 1.54) is 11.3 Å². The highest BCUT2D eigenvalue weighted by Gasteiger charge is 2.47.